The Morgan fingerprint density at radius 1 is 1.58 bits per heavy atom. The van der Waals surface area contributed by atoms with Crippen molar-refractivity contribution >= 4 is 15.9 Å². The van der Waals surface area contributed by atoms with Gasteiger partial charge in [-0.05, 0) is 24.1 Å². The van der Waals surface area contributed by atoms with Crippen LogP contribution in [0.25, 0.3) is 0 Å². The number of nitrogens with zero attached hydrogens (tertiary/aromatic N) is 1. The van der Waals surface area contributed by atoms with Gasteiger partial charge in [-0.15, -0.1) is 0 Å². The summed E-state index contributed by atoms with van der Waals surface area (Å²) >= 11 is 3.43. The maximum absolute atomic E-state index is 13.2. The van der Waals surface area contributed by atoms with E-state index >= 15 is 0 Å². The van der Waals surface area contributed by atoms with Gasteiger partial charge in [0.2, 0.25) is 0 Å². The van der Waals surface area contributed by atoms with Crippen molar-refractivity contribution < 1.29 is 9.13 Å². The van der Waals surface area contributed by atoms with E-state index in [1.54, 1.807) is 0 Å². The Morgan fingerprint density at radius 3 is 3.00 bits per heavy atom. The van der Waals surface area contributed by atoms with Crippen molar-refractivity contribution in [3.8, 4) is 0 Å². The predicted molar refractivity (Wildman–Crippen MR) is 77.5 cm³/mol. The van der Waals surface area contributed by atoms with Crippen molar-refractivity contribution in [2.24, 2.45) is 5.73 Å². The Hall–Kier alpha value is -0.490. The molecule has 1 aromatic carbocycles. The van der Waals surface area contributed by atoms with Crippen molar-refractivity contribution in [1.82, 2.24) is 4.90 Å². The largest absolute Gasteiger partial charge is 0.376 e. The van der Waals surface area contributed by atoms with E-state index in [4.69, 9.17) is 10.5 Å². The Bertz CT molecular complexity index is 430. The van der Waals surface area contributed by atoms with Crippen molar-refractivity contribution in [2.75, 3.05) is 26.2 Å². The summed E-state index contributed by atoms with van der Waals surface area (Å²) in [7, 11) is 0. The van der Waals surface area contributed by atoms with Gasteiger partial charge in [0.25, 0.3) is 0 Å². The van der Waals surface area contributed by atoms with Crippen LogP contribution in [0, 0.1) is 5.82 Å². The van der Waals surface area contributed by atoms with Gasteiger partial charge in [0, 0.05) is 30.1 Å². The van der Waals surface area contributed by atoms with Crippen molar-refractivity contribution in [3.05, 3.63) is 34.1 Å². The molecule has 1 aliphatic rings. The number of halogens is 2. The van der Waals surface area contributed by atoms with Crippen molar-refractivity contribution in [2.45, 2.75) is 25.5 Å². The lowest BCUT2D eigenvalue weighted by atomic mass is 10.0. The molecule has 0 bridgehead atoms. The third kappa shape index (κ3) is 3.54. The summed E-state index contributed by atoms with van der Waals surface area (Å²) in [5.74, 6) is -0.236. The first-order valence-electron chi connectivity index (χ1n) is 6.66. The smallest absolute Gasteiger partial charge is 0.124 e. The molecular weight excluding hydrogens is 311 g/mol. The van der Waals surface area contributed by atoms with Crippen LogP contribution in [-0.2, 0) is 4.74 Å². The van der Waals surface area contributed by atoms with Gasteiger partial charge in [-0.3, -0.25) is 4.90 Å². The highest BCUT2D eigenvalue weighted by atomic mass is 79.9. The first-order chi connectivity index (χ1) is 9.15. The van der Waals surface area contributed by atoms with Gasteiger partial charge in [0.15, 0.2) is 0 Å². The highest BCUT2D eigenvalue weighted by molar-refractivity contribution is 9.10. The molecule has 0 aliphatic carbocycles. The lowest BCUT2D eigenvalue weighted by Gasteiger charge is -2.38. The summed E-state index contributed by atoms with van der Waals surface area (Å²) in [6.07, 6.45) is 1.26. The fraction of sp³-hybridized carbons (Fsp3) is 0.571. The third-order valence-corrected chi connectivity index (χ3v) is 4.30. The number of hydrogen-bond donors (Lipinski definition) is 1. The van der Waals surface area contributed by atoms with E-state index in [1.165, 1.54) is 12.1 Å². The Balaban J connectivity index is 2.19. The Labute approximate surface area is 122 Å². The minimum atomic E-state index is -0.236. The normalized spacial score (nSPS) is 22.4. The molecule has 2 unspecified atom stereocenters. The van der Waals surface area contributed by atoms with E-state index in [1.807, 2.05) is 6.07 Å². The molecule has 2 N–H and O–H groups in total. The number of hydrogen-bond acceptors (Lipinski definition) is 3. The maximum Gasteiger partial charge on any atom is 0.124 e. The third-order valence-electron chi connectivity index (χ3n) is 3.61. The zero-order valence-electron chi connectivity index (χ0n) is 11.1. The molecule has 1 aromatic rings. The van der Waals surface area contributed by atoms with Crippen molar-refractivity contribution in [1.29, 1.82) is 0 Å². The van der Waals surface area contributed by atoms with Gasteiger partial charge in [-0.2, -0.15) is 0 Å². The molecule has 1 saturated heterocycles. The van der Waals surface area contributed by atoms with Gasteiger partial charge in [-0.25, -0.2) is 4.39 Å². The number of morpholine rings is 1. The minimum absolute atomic E-state index is 0.105. The van der Waals surface area contributed by atoms with Crippen LogP contribution < -0.4 is 5.73 Å². The number of nitrogens with two attached hydrogens (primary N) is 1. The van der Waals surface area contributed by atoms with E-state index in [9.17, 15) is 4.39 Å². The summed E-state index contributed by atoms with van der Waals surface area (Å²) in [6, 6.07) is 4.90. The van der Waals surface area contributed by atoms with Crippen LogP contribution in [-0.4, -0.2) is 37.2 Å². The molecule has 0 radical (unpaired) electrons. The highest BCUT2D eigenvalue weighted by Gasteiger charge is 2.27. The van der Waals surface area contributed by atoms with Gasteiger partial charge < -0.3 is 10.5 Å². The lowest BCUT2D eigenvalue weighted by Crippen LogP contribution is -2.46. The topological polar surface area (TPSA) is 38.5 Å². The lowest BCUT2D eigenvalue weighted by molar-refractivity contribution is -0.0438. The molecule has 5 heteroatoms. The molecular formula is C14H20BrFN2O. The molecule has 1 aliphatic heterocycles. The fourth-order valence-corrected chi connectivity index (χ4v) is 3.13. The van der Waals surface area contributed by atoms with Crippen LogP contribution in [0.3, 0.4) is 0 Å². The van der Waals surface area contributed by atoms with E-state index < -0.39 is 0 Å². The highest BCUT2D eigenvalue weighted by Crippen LogP contribution is 2.29. The van der Waals surface area contributed by atoms with Gasteiger partial charge in [0.05, 0.1) is 12.7 Å². The molecule has 1 fully saturated rings. The SMILES string of the molecule is CCC1CN(C(CN)c2ccc(F)cc2Br)CCO1. The van der Waals surface area contributed by atoms with Crippen LogP contribution in [0.15, 0.2) is 22.7 Å². The number of benzene rings is 1. The van der Waals surface area contributed by atoms with Crippen molar-refractivity contribution in [3.63, 3.8) is 0 Å². The van der Waals surface area contributed by atoms with Crippen LogP contribution in [0.2, 0.25) is 0 Å². The molecule has 0 aromatic heterocycles. The first-order valence-corrected chi connectivity index (χ1v) is 7.45. The van der Waals surface area contributed by atoms with E-state index in [2.05, 4.69) is 27.8 Å². The average Bonchev–Trinajstić information content (AvgIpc) is 2.42. The van der Waals surface area contributed by atoms with E-state index in [0.29, 0.717) is 6.54 Å². The molecule has 2 atom stereocenters. The predicted octanol–water partition coefficient (Wildman–Crippen LogP) is 2.70. The first kappa shape index (κ1) is 14.9. The van der Waals surface area contributed by atoms with E-state index in [-0.39, 0.29) is 18.0 Å². The fourth-order valence-electron chi connectivity index (χ4n) is 2.52. The Kier molecular flexibility index (Phi) is 5.33. The zero-order chi connectivity index (χ0) is 13.8. The van der Waals surface area contributed by atoms with Gasteiger partial charge >= 0.3 is 0 Å². The maximum atomic E-state index is 13.2. The molecule has 106 valence electrons. The molecule has 0 amide bonds. The summed E-state index contributed by atoms with van der Waals surface area (Å²) < 4.78 is 19.6. The van der Waals surface area contributed by atoms with Gasteiger partial charge in [-0.1, -0.05) is 28.9 Å². The summed E-state index contributed by atoms with van der Waals surface area (Å²) in [6.45, 7) is 5.11. The molecule has 1 heterocycles. The molecule has 19 heavy (non-hydrogen) atoms. The van der Waals surface area contributed by atoms with Crippen LogP contribution in [0.4, 0.5) is 4.39 Å². The summed E-state index contributed by atoms with van der Waals surface area (Å²) in [5.41, 5.74) is 6.97. The quantitative estimate of drug-likeness (QED) is 0.922. The summed E-state index contributed by atoms with van der Waals surface area (Å²) in [5, 5.41) is 0. The minimum Gasteiger partial charge on any atom is -0.376 e. The second-order valence-electron chi connectivity index (χ2n) is 4.81. The van der Waals surface area contributed by atoms with Crippen LogP contribution in [0.5, 0.6) is 0 Å². The van der Waals surface area contributed by atoms with Crippen LogP contribution in [0.1, 0.15) is 24.9 Å². The standard InChI is InChI=1S/C14H20BrFN2O/c1-2-11-9-18(5-6-19-11)14(8-17)12-4-3-10(16)7-13(12)15/h3-4,7,11,14H,2,5-6,8-9,17H2,1H3. The second kappa shape index (κ2) is 6.79. The van der Waals surface area contributed by atoms with Gasteiger partial charge in [0.1, 0.15) is 5.82 Å². The van der Waals surface area contributed by atoms with Crippen LogP contribution >= 0.6 is 15.9 Å². The van der Waals surface area contributed by atoms with E-state index in [0.717, 1.165) is 36.2 Å². The number of rotatable bonds is 4. The molecule has 3 nitrogen and oxygen atoms in total. The molecule has 2 rings (SSSR count). The average molecular weight is 331 g/mol. The molecule has 0 spiro atoms. The molecule has 0 saturated carbocycles. The Morgan fingerprint density at radius 2 is 2.37 bits per heavy atom. The number of ether oxygens (including phenoxy) is 1. The summed E-state index contributed by atoms with van der Waals surface area (Å²) in [4.78, 5) is 2.33. The monoisotopic (exact) mass is 330 g/mol. The zero-order valence-corrected chi connectivity index (χ0v) is 12.7. The second-order valence-corrected chi connectivity index (χ2v) is 5.67.